The third kappa shape index (κ3) is 2.47. The Balaban J connectivity index is 2.07. The average molecular weight is 240 g/mol. The molecule has 4 nitrogen and oxygen atoms in total. The lowest BCUT2D eigenvalue weighted by Gasteiger charge is -2.39. The molecule has 1 heterocycles. The number of likely N-dealkylation sites (tertiary alicyclic amines) is 1. The first kappa shape index (κ1) is 12.8. The standard InChI is InChI=1S/C13H24N2O2/c1-10-4-2-6-13(14,8-10)12(17)15-7-3-5-11(15)9-16/h10-11,16H,2-9,14H2,1H3. The summed E-state index contributed by atoms with van der Waals surface area (Å²) in [6.45, 7) is 3.00. The second kappa shape index (κ2) is 4.94. The molecule has 2 aliphatic rings. The number of aliphatic hydroxyl groups excluding tert-OH is 1. The normalized spacial score (nSPS) is 38.4. The quantitative estimate of drug-likeness (QED) is 0.753. The Morgan fingerprint density at radius 2 is 2.24 bits per heavy atom. The number of amides is 1. The van der Waals surface area contributed by atoms with Crippen LogP contribution in [0.1, 0.15) is 45.4 Å². The highest BCUT2D eigenvalue weighted by Crippen LogP contribution is 2.33. The molecule has 1 aliphatic heterocycles. The third-order valence-corrected chi connectivity index (χ3v) is 4.31. The molecule has 1 amide bonds. The van der Waals surface area contributed by atoms with Gasteiger partial charge in [0.1, 0.15) is 0 Å². The van der Waals surface area contributed by atoms with Gasteiger partial charge < -0.3 is 15.7 Å². The van der Waals surface area contributed by atoms with Crippen LogP contribution in [-0.2, 0) is 4.79 Å². The van der Waals surface area contributed by atoms with Crippen LogP contribution in [0.4, 0.5) is 0 Å². The number of aliphatic hydroxyl groups is 1. The second-order valence-corrected chi connectivity index (χ2v) is 5.83. The van der Waals surface area contributed by atoms with Crippen LogP contribution in [0.2, 0.25) is 0 Å². The Bertz CT molecular complexity index is 295. The SMILES string of the molecule is CC1CCCC(N)(C(=O)N2CCCC2CO)C1. The zero-order valence-electron chi connectivity index (χ0n) is 10.7. The summed E-state index contributed by atoms with van der Waals surface area (Å²) >= 11 is 0. The van der Waals surface area contributed by atoms with Crippen LogP contribution >= 0.6 is 0 Å². The monoisotopic (exact) mass is 240 g/mol. The Hall–Kier alpha value is -0.610. The van der Waals surface area contributed by atoms with Gasteiger partial charge in [0.15, 0.2) is 0 Å². The van der Waals surface area contributed by atoms with E-state index in [1.807, 2.05) is 4.90 Å². The number of carbonyl (C=O) groups is 1. The first-order chi connectivity index (χ1) is 8.07. The number of nitrogens with two attached hydrogens (primary N) is 1. The summed E-state index contributed by atoms with van der Waals surface area (Å²) in [7, 11) is 0. The number of rotatable bonds is 2. The fourth-order valence-electron chi connectivity index (χ4n) is 3.37. The molecule has 0 aromatic rings. The Kier molecular flexibility index (Phi) is 3.73. The molecule has 17 heavy (non-hydrogen) atoms. The van der Waals surface area contributed by atoms with Crippen LogP contribution in [0.3, 0.4) is 0 Å². The molecule has 1 saturated carbocycles. The van der Waals surface area contributed by atoms with E-state index in [2.05, 4.69) is 6.92 Å². The van der Waals surface area contributed by atoms with Crippen molar-refractivity contribution >= 4 is 5.91 Å². The molecule has 1 saturated heterocycles. The van der Waals surface area contributed by atoms with E-state index in [1.165, 1.54) is 6.42 Å². The van der Waals surface area contributed by atoms with Crippen LogP contribution in [0, 0.1) is 5.92 Å². The smallest absolute Gasteiger partial charge is 0.242 e. The minimum absolute atomic E-state index is 0.000146. The molecule has 3 unspecified atom stereocenters. The molecule has 0 aromatic heterocycles. The summed E-state index contributed by atoms with van der Waals surface area (Å²) in [5.41, 5.74) is 5.65. The topological polar surface area (TPSA) is 66.6 Å². The molecule has 2 fully saturated rings. The van der Waals surface area contributed by atoms with Crippen molar-refractivity contribution in [2.24, 2.45) is 11.7 Å². The molecule has 2 rings (SSSR count). The highest BCUT2D eigenvalue weighted by atomic mass is 16.3. The van der Waals surface area contributed by atoms with Crippen LogP contribution in [0.25, 0.3) is 0 Å². The summed E-state index contributed by atoms with van der Waals surface area (Å²) in [4.78, 5) is 14.3. The van der Waals surface area contributed by atoms with E-state index < -0.39 is 5.54 Å². The maximum atomic E-state index is 12.5. The third-order valence-electron chi connectivity index (χ3n) is 4.31. The molecular weight excluding hydrogens is 216 g/mol. The highest BCUT2D eigenvalue weighted by Gasteiger charge is 2.43. The summed E-state index contributed by atoms with van der Waals surface area (Å²) in [5.74, 6) is 0.605. The molecule has 3 atom stereocenters. The predicted molar refractivity (Wildman–Crippen MR) is 66.4 cm³/mol. The number of carbonyl (C=O) groups excluding carboxylic acids is 1. The first-order valence-electron chi connectivity index (χ1n) is 6.77. The van der Waals surface area contributed by atoms with Gasteiger partial charge in [0, 0.05) is 6.54 Å². The van der Waals surface area contributed by atoms with Gasteiger partial charge in [-0.2, -0.15) is 0 Å². The van der Waals surface area contributed by atoms with E-state index in [-0.39, 0.29) is 18.6 Å². The zero-order valence-corrected chi connectivity index (χ0v) is 10.7. The van der Waals surface area contributed by atoms with Crippen molar-refractivity contribution in [1.82, 2.24) is 4.90 Å². The van der Waals surface area contributed by atoms with Crippen LogP contribution in [0.15, 0.2) is 0 Å². The van der Waals surface area contributed by atoms with Gasteiger partial charge >= 0.3 is 0 Å². The Morgan fingerprint density at radius 1 is 1.47 bits per heavy atom. The molecule has 98 valence electrons. The molecule has 4 heteroatoms. The van der Waals surface area contributed by atoms with Gasteiger partial charge in [-0.25, -0.2) is 0 Å². The van der Waals surface area contributed by atoms with E-state index in [9.17, 15) is 9.90 Å². The first-order valence-corrected chi connectivity index (χ1v) is 6.77. The maximum Gasteiger partial charge on any atom is 0.242 e. The molecule has 0 radical (unpaired) electrons. The van der Waals surface area contributed by atoms with Gasteiger partial charge in [0.2, 0.25) is 5.91 Å². The molecule has 1 aliphatic carbocycles. The van der Waals surface area contributed by atoms with Crippen molar-refractivity contribution in [2.45, 2.75) is 57.0 Å². The lowest BCUT2D eigenvalue weighted by molar-refractivity contribution is -0.140. The van der Waals surface area contributed by atoms with E-state index in [0.717, 1.165) is 38.6 Å². The predicted octanol–water partition coefficient (Wildman–Crippen LogP) is 0.877. The molecule has 0 bridgehead atoms. The maximum absolute atomic E-state index is 12.5. The lowest BCUT2D eigenvalue weighted by atomic mass is 9.76. The number of hydrogen-bond acceptors (Lipinski definition) is 3. The van der Waals surface area contributed by atoms with Crippen LogP contribution in [0.5, 0.6) is 0 Å². The average Bonchev–Trinajstić information content (AvgIpc) is 2.75. The van der Waals surface area contributed by atoms with Crippen LogP contribution in [-0.4, -0.2) is 40.6 Å². The van der Waals surface area contributed by atoms with E-state index in [1.54, 1.807) is 0 Å². The summed E-state index contributed by atoms with van der Waals surface area (Å²) < 4.78 is 0. The summed E-state index contributed by atoms with van der Waals surface area (Å²) in [5, 5.41) is 9.28. The fourth-order valence-corrected chi connectivity index (χ4v) is 3.37. The Labute approximate surface area is 103 Å². The van der Waals surface area contributed by atoms with Gasteiger partial charge in [-0.1, -0.05) is 19.8 Å². The highest BCUT2D eigenvalue weighted by molar-refractivity contribution is 5.86. The minimum atomic E-state index is -0.671. The van der Waals surface area contributed by atoms with Crippen molar-refractivity contribution in [3.05, 3.63) is 0 Å². The largest absolute Gasteiger partial charge is 0.394 e. The zero-order chi connectivity index (χ0) is 12.5. The second-order valence-electron chi connectivity index (χ2n) is 5.83. The lowest BCUT2D eigenvalue weighted by Crippen LogP contribution is -2.58. The van der Waals surface area contributed by atoms with Crippen molar-refractivity contribution in [3.8, 4) is 0 Å². The van der Waals surface area contributed by atoms with E-state index in [4.69, 9.17) is 5.73 Å². The fraction of sp³-hybridized carbons (Fsp3) is 0.923. The van der Waals surface area contributed by atoms with Crippen molar-refractivity contribution in [2.75, 3.05) is 13.2 Å². The Morgan fingerprint density at radius 3 is 2.88 bits per heavy atom. The van der Waals surface area contributed by atoms with Crippen molar-refractivity contribution in [1.29, 1.82) is 0 Å². The van der Waals surface area contributed by atoms with Crippen molar-refractivity contribution < 1.29 is 9.90 Å². The van der Waals surface area contributed by atoms with Gasteiger partial charge in [0.05, 0.1) is 18.2 Å². The van der Waals surface area contributed by atoms with Crippen molar-refractivity contribution in [3.63, 3.8) is 0 Å². The van der Waals surface area contributed by atoms with Gasteiger partial charge in [-0.05, 0) is 31.6 Å². The number of nitrogens with zero attached hydrogens (tertiary/aromatic N) is 1. The molecule has 0 aromatic carbocycles. The van der Waals surface area contributed by atoms with E-state index >= 15 is 0 Å². The molecular formula is C13H24N2O2. The molecule has 3 N–H and O–H groups in total. The minimum Gasteiger partial charge on any atom is -0.394 e. The number of hydrogen-bond donors (Lipinski definition) is 2. The molecule has 0 spiro atoms. The van der Waals surface area contributed by atoms with E-state index in [0.29, 0.717) is 5.92 Å². The van der Waals surface area contributed by atoms with Gasteiger partial charge in [-0.15, -0.1) is 0 Å². The van der Waals surface area contributed by atoms with Gasteiger partial charge in [-0.3, -0.25) is 4.79 Å². The van der Waals surface area contributed by atoms with Gasteiger partial charge in [0.25, 0.3) is 0 Å². The summed E-state index contributed by atoms with van der Waals surface area (Å²) in [6.07, 6.45) is 5.71. The van der Waals surface area contributed by atoms with Crippen LogP contribution < -0.4 is 5.73 Å². The summed E-state index contributed by atoms with van der Waals surface area (Å²) in [6, 6.07) is 0.000146.